The number of carbonyl (C=O) groups is 1. The number of piperidine rings is 1. The van der Waals surface area contributed by atoms with Crippen LogP contribution in [0.3, 0.4) is 0 Å². The molecule has 2 aromatic carbocycles. The Morgan fingerprint density at radius 2 is 1.97 bits per heavy atom. The summed E-state index contributed by atoms with van der Waals surface area (Å²) in [6, 6.07) is 16.4. The molecule has 1 atom stereocenters. The van der Waals surface area contributed by atoms with Crippen molar-refractivity contribution in [1.29, 1.82) is 0 Å². The highest BCUT2D eigenvalue weighted by atomic mass is 32.2. The number of ether oxygens (including phenoxy) is 1. The van der Waals surface area contributed by atoms with Gasteiger partial charge in [-0.25, -0.2) is 4.98 Å². The number of rotatable bonds is 6. The number of amides is 1. The number of benzene rings is 2. The molecule has 0 spiro atoms. The smallest absolute Gasteiger partial charge is 0.233 e. The van der Waals surface area contributed by atoms with Gasteiger partial charge in [-0.2, -0.15) is 0 Å². The normalized spacial score (nSPS) is 16.9. The monoisotopic (exact) mass is 409 g/mol. The van der Waals surface area contributed by atoms with E-state index in [0.29, 0.717) is 11.8 Å². The summed E-state index contributed by atoms with van der Waals surface area (Å²) in [7, 11) is 1.67. The van der Waals surface area contributed by atoms with Gasteiger partial charge in [0.25, 0.3) is 0 Å². The average Bonchev–Trinajstić information content (AvgIpc) is 3.15. The summed E-state index contributed by atoms with van der Waals surface area (Å²) in [5.74, 6) is 1.45. The Bertz CT molecular complexity index is 983. The summed E-state index contributed by atoms with van der Waals surface area (Å²) in [5, 5.41) is 0.842. The summed E-state index contributed by atoms with van der Waals surface area (Å²) >= 11 is 1.52. The number of fused-ring (bicyclic) bond motifs is 1. The molecule has 0 bridgehead atoms. The van der Waals surface area contributed by atoms with Crippen LogP contribution in [0, 0.1) is 0 Å². The van der Waals surface area contributed by atoms with Crippen molar-refractivity contribution < 1.29 is 9.53 Å². The van der Waals surface area contributed by atoms with E-state index >= 15 is 0 Å². The van der Waals surface area contributed by atoms with Crippen molar-refractivity contribution in [3.05, 3.63) is 48.5 Å². The van der Waals surface area contributed by atoms with Crippen molar-refractivity contribution >= 4 is 28.7 Å². The Labute approximate surface area is 176 Å². The molecule has 4 rings (SSSR count). The van der Waals surface area contributed by atoms with Gasteiger partial charge < -0.3 is 9.64 Å². The lowest BCUT2D eigenvalue weighted by Crippen LogP contribution is -2.44. The molecule has 1 saturated heterocycles. The maximum atomic E-state index is 12.9. The maximum Gasteiger partial charge on any atom is 0.233 e. The van der Waals surface area contributed by atoms with E-state index in [1.54, 1.807) is 7.11 Å². The van der Waals surface area contributed by atoms with E-state index < -0.39 is 0 Å². The van der Waals surface area contributed by atoms with Crippen molar-refractivity contribution in [1.82, 2.24) is 14.5 Å². The van der Waals surface area contributed by atoms with Crippen LogP contribution in [0.1, 0.15) is 32.6 Å². The molecular weight excluding hydrogens is 382 g/mol. The number of para-hydroxylation sites is 2. The third-order valence-electron chi connectivity index (χ3n) is 5.60. The van der Waals surface area contributed by atoms with Crippen molar-refractivity contribution in [2.45, 2.75) is 43.8 Å². The molecule has 1 aliphatic rings. The van der Waals surface area contributed by atoms with Gasteiger partial charge in [0.2, 0.25) is 5.91 Å². The van der Waals surface area contributed by atoms with Crippen LogP contribution in [-0.2, 0) is 4.79 Å². The quantitative estimate of drug-likeness (QED) is 0.542. The number of thioether (sulfide) groups is 1. The van der Waals surface area contributed by atoms with Gasteiger partial charge in [0, 0.05) is 18.3 Å². The van der Waals surface area contributed by atoms with Gasteiger partial charge in [0.05, 0.1) is 23.9 Å². The topological polar surface area (TPSA) is 47.4 Å². The van der Waals surface area contributed by atoms with E-state index in [-0.39, 0.29) is 5.91 Å². The van der Waals surface area contributed by atoms with Gasteiger partial charge >= 0.3 is 0 Å². The summed E-state index contributed by atoms with van der Waals surface area (Å²) < 4.78 is 7.42. The van der Waals surface area contributed by atoms with Crippen molar-refractivity contribution in [2.75, 3.05) is 19.4 Å². The number of nitrogens with zero attached hydrogens (tertiary/aromatic N) is 3. The third kappa shape index (κ3) is 4.13. The highest BCUT2D eigenvalue weighted by Crippen LogP contribution is 2.30. The number of likely N-dealkylation sites (tertiary alicyclic amines) is 1. The Morgan fingerprint density at radius 1 is 1.17 bits per heavy atom. The minimum Gasteiger partial charge on any atom is -0.497 e. The van der Waals surface area contributed by atoms with Crippen LogP contribution in [0.5, 0.6) is 5.75 Å². The molecule has 2 heterocycles. The molecule has 0 N–H and O–H groups in total. The van der Waals surface area contributed by atoms with E-state index in [9.17, 15) is 4.79 Å². The summed E-state index contributed by atoms with van der Waals surface area (Å²) in [5.41, 5.74) is 2.98. The molecule has 1 aromatic heterocycles. The number of hydrogen-bond donors (Lipinski definition) is 0. The highest BCUT2D eigenvalue weighted by Gasteiger charge is 2.25. The van der Waals surface area contributed by atoms with Gasteiger partial charge in [0.1, 0.15) is 5.75 Å². The van der Waals surface area contributed by atoms with Crippen LogP contribution in [0.2, 0.25) is 0 Å². The first-order valence-corrected chi connectivity index (χ1v) is 11.2. The number of carbonyl (C=O) groups excluding carboxylic acids is 1. The second-order valence-corrected chi connectivity index (χ2v) is 8.29. The Hall–Kier alpha value is -2.47. The molecule has 152 valence electrons. The van der Waals surface area contributed by atoms with E-state index in [2.05, 4.69) is 22.5 Å². The summed E-state index contributed by atoms with van der Waals surface area (Å²) in [6.45, 7) is 3.05. The minimum atomic E-state index is 0.217. The van der Waals surface area contributed by atoms with Gasteiger partial charge in [-0.15, -0.1) is 0 Å². The van der Waals surface area contributed by atoms with Crippen LogP contribution < -0.4 is 4.74 Å². The van der Waals surface area contributed by atoms with E-state index in [1.165, 1.54) is 18.2 Å². The fourth-order valence-electron chi connectivity index (χ4n) is 4.04. The number of methoxy groups -OCH3 is 1. The molecule has 6 heteroatoms. The zero-order valence-corrected chi connectivity index (χ0v) is 17.8. The molecule has 5 nitrogen and oxygen atoms in total. The van der Waals surface area contributed by atoms with Gasteiger partial charge in [-0.3, -0.25) is 9.36 Å². The minimum absolute atomic E-state index is 0.217. The third-order valence-corrected chi connectivity index (χ3v) is 6.53. The number of hydrogen-bond acceptors (Lipinski definition) is 4. The van der Waals surface area contributed by atoms with E-state index in [0.717, 1.165) is 53.4 Å². The fourth-order valence-corrected chi connectivity index (χ4v) is 4.96. The van der Waals surface area contributed by atoms with Crippen molar-refractivity contribution in [3.63, 3.8) is 0 Å². The fraction of sp³-hybridized carbons (Fsp3) is 0.391. The van der Waals surface area contributed by atoms with Gasteiger partial charge in [-0.05, 0) is 62.1 Å². The first kappa shape index (κ1) is 19.8. The Balaban J connectivity index is 1.60. The first-order valence-electron chi connectivity index (χ1n) is 10.3. The van der Waals surface area contributed by atoms with Crippen LogP contribution in [0.25, 0.3) is 16.7 Å². The second kappa shape index (κ2) is 8.91. The Morgan fingerprint density at radius 3 is 2.72 bits per heavy atom. The highest BCUT2D eigenvalue weighted by molar-refractivity contribution is 7.99. The average molecular weight is 410 g/mol. The molecule has 0 saturated carbocycles. The van der Waals surface area contributed by atoms with Crippen LogP contribution in [-0.4, -0.2) is 45.8 Å². The maximum absolute atomic E-state index is 12.9. The van der Waals surface area contributed by atoms with Gasteiger partial charge in [0.15, 0.2) is 5.16 Å². The molecule has 0 aliphatic carbocycles. The summed E-state index contributed by atoms with van der Waals surface area (Å²) in [4.78, 5) is 19.8. The molecule has 3 aromatic rings. The predicted molar refractivity (Wildman–Crippen MR) is 118 cm³/mol. The van der Waals surface area contributed by atoms with Crippen LogP contribution in [0.15, 0.2) is 53.7 Å². The zero-order valence-electron chi connectivity index (χ0n) is 17.0. The SMILES string of the molecule is CCC1CCCCN1C(=O)CSc1nc2ccccc2n1-c1ccc(OC)cc1. The van der Waals surface area contributed by atoms with Gasteiger partial charge in [-0.1, -0.05) is 30.8 Å². The molecule has 1 unspecified atom stereocenters. The Kier molecular flexibility index (Phi) is 6.09. The molecule has 1 aliphatic heterocycles. The van der Waals surface area contributed by atoms with Crippen LogP contribution in [0.4, 0.5) is 0 Å². The zero-order chi connectivity index (χ0) is 20.2. The lowest BCUT2D eigenvalue weighted by atomic mass is 10.0. The number of imidazole rings is 1. The van der Waals surface area contributed by atoms with Crippen molar-refractivity contribution in [3.8, 4) is 11.4 Å². The van der Waals surface area contributed by atoms with E-state index in [4.69, 9.17) is 9.72 Å². The molecule has 29 heavy (non-hydrogen) atoms. The molecule has 1 fully saturated rings. The van der Waals surface area contributed by atoms with Crippen molar-refractivity contribution in [2.24, 2.45) is 0 Å². The predicted octanol–water partition coefficient (Wildman–Crippen LogP) is 4.92. The molecular formula is C23H27N3O2S. The van der Waals surface area contributed by atoms with Crippen LogP contribution >= 0.6 is 11.8 Å². The largest absolute Gasteiger partial charge is 0.497 e. The standard InChI is InChI=1S/C23H27N3O2S/c1-3-17-8-6-7-15-25(17)22(27)16-29-23-24-20-9-4-5-10-21(20)26(23)18-11-13-19(28-2)14-12-18/h4-5,9-14,17H,3,6-8,15-16H2,1-2H3. The molecule has 1 amide bonds. The second-order valence-electron chi connectivity index (χ2n) is 7.35. The molecule has 0 radical (unpaired) electrons. The lowest BCUT2D eigenvalue weighted by molar-refractivity contribution is -0.132. The number of aromatic nitrogens is 2. The van der Waals surface area contributed by atoms with E-state index in [1.807, 2.05) is 42.5 Å². The lowest BCUT2D eigenvalue weighted by Gasteiger charge is -2.35. The first-order chi connectivity index (χ1) is 14.2. The summed E-state index contributed by atoms with van der Waals surface area (Å²) in [6.07, 6.45) is 4.48.